The Morgan fingerprint density at radius 3 is 2.83 bits per heavy atom. The molecule has 0 unspecified atom stereocenters. The normalized spacial score (nSPS) is 23.0. The van der Waals surface area contributed by atoms with Gasteiger partial charge in [0.15, 0.2) is 0 Å². The summed E-state index contributed by atoms with van der Waals surface area (Å²) in [5.74, 6) is 0.989. The van der Waals surface area contributed by atoms with E-state index in [0.717, 1.165) is 48.4 Å². The van der Waals surface area contributed by atoms with E-state index in [2.05, 4.69) is 34.1 Å². The number of carbonyl (C=O) groups excluding carboxylic acids is 1. The van der Waals surface area contributed by atoms with Gasteiger partial charge < -0.3 is 15.2 Å². The summed E-state index contributed by atoms with van der Waals surface area (Å²) < 4.78 is 0. The Balaban J connectivity index is 1.65. The highest BCUT2D eigenvalue weighted by molar-refractivity contribution is 5.94. The summed E-state index contributed by atoms with van der Waals surface area (Å²) in [6, 6.07) is 2.52. The van der Waals surface area contributed by atoms with Gasteiger partial charge in [0.2, 0.25) is 0 Å². The molecule has 1 saturated heterocycles. The van der Waals surface area contributed by atoms with Crippen LogP contribution in [0.4, 0.5) is 5.82 Å². The maximum Gasteiger partial charge on any atom is 0.270 e. The van der Waals surface area contributed by atoms with Crippen LogP contribution in [0.15, 0.2) is 18.6 Å². The van der Waals surface area contributed by atoms with Crippen molar-refractivity contribution in [1.29, 1.82) is 0 Å². The minimum absolute atomic E-state index is 0.0811. The molecule has 0 radical (unpaired) electrons. The van der Waals surface area contributed by atoms with Crippen molar-refractivity contribution in [2.75, 3.05) is 11.9 Å². The van der Waals surface area contributed by atoms with E-state index in [1.165, 1.54) is 0 Å². The van der Waals surface area contributed by atoms with Gasteiger partial charge in [-0.25, -0.2) is 9.97 Å². The van der Waals surface area contributed by atoms with Crippen molar-refractivity contribution >= 4 is 11.7 Å². The topological polar surface area (TPSA) is 73.9 Å². The Bertz CT molecular complexity index is 743. The van der Waals surface area contributed by atoms with Gasteiger partial charge in [-0.1, -0.05) is 0 Å². The second kappa shape index (κ2) is 5.37. The Kier molecular flexibility index (Phi) is 3.32. The molecule has 2 aliphatic rings. The fraction of sp³-hybridized carbons (Fsp3) is 0.471. The molecule has 0 saturated carbocycles. The molecule has 2 aromatic rings. The van der Waals surface area contributed by atoms with Crippen LogP contribution in [-0.4, -0.2) is 44.4 Å². The van der Waals surface area contributed by atoms with E-state index < -0.39 is 0 Å². The zero-order valence-corrected chi connectivity index (χ0v) is 13.5. The molecule has 2 N–H and O–H groups in total. The van der Waals surface area contributed by atoms with E-state index >= 15 is 0 Å². The molecule has 0 aromatic carbocycles. The number of rotatable bonds is 2. The molecule has 0 aliphatic carbocycles. The minimum atomic E-state index is 0.0811. The first-order chi connectivity index (χ1) is 11.1. The molecule has 1 fully saturated rings. The third-order valence-corrected chi connectivity index (χ3v) is 4.99. The van der Waals surface area contributed by atoms with Gasteiger partial charge in [0.1, 0.15) is 17.8 Å². The van der Waals surface area contributed by atoms with Crippen LogP contribution in [0.25, 0.3) is 11.3 Å². The van der Waals surface area contributed by atoms with Crippen LogP contribution in [0, 0.1) is 0 Å². The van der Waals surface area contributed by atoms with Gasteiger partial charge in [-0.15, -0.1) is 0 Å². The van der Waals surface area contributed by atoms with Crippen molar-refractivity contribution in [3.63, 3.8) is 0 Å². The Morgan fingerprint density at radius 2 is 2.04 bits per heavy atom. The molecule has 2 aliphatic heterocycles. The lowest BCUT2D eigenvalue weighted by Gasteiger charge is -2.25. The quantitative estimate of drug-likeness (QED) is 0.893. The number of hydrogen-bond donors (Lipinski definition) is 2. The van der Waals surface area contributed by atoms with E-state index in [9.17, 15) is 4.79 Å². The average Bonchev–Trinajstić information content (AvgIpc) is 3.26. The zero-order valence-electron chi connectivity index (χ0n) is 13.5. The summed E-state index contributed by atoms with van der Waals surface area (Å²) in [6.07, 6.45) is 6.52. The van der Waals surface area contributed by atoms with Crippen LogP contribution < -0.4 is 5.32 Å². The minimum Gasteiger partial charge on any atom is -0.369 e. The summed E-state index contributed by atoms with van der Waals surface area (Å²) in [4.78, 5) is 26.6. The predicted octanol–water partition coefficient (Wildman–Crippen LogP) is 2.45. The number of nitrogens with zero attached hydrogens (tertiary/aromatic N) is 3. The Hall–Kier alpha value is -2.37. The van der Waals surface area contributed by atoms with Gasteiger partial charge >= 0.3 is 0 Å². The van der Waals surface area contributed by atoms with Crippen molar-refractivity contribution in [2.24, 2.45) is 0 Å². The first kappa shape index (κ1) is 14.2. The van der Waals surface area contributed by atoms with E-state index in [1.54, 1.807) is 6.33 Å². The van der Waals surface area contributed by atoms with Gasteiger partial charge in [-0.2, -0.15) is 0 Å². The van der Waals surface area contributed by atoms with Crippen molar-refractivity contribution in [2.45, 2.75) is 45.2 Å². The highest BCUT2D eigenvalue weighted by atomic mass is 16.2. The number of aromatic nitrogens is 3. The fourth-order valence-corrected chi connectivity index (χ4v) is 3.75. The monoisotopic (exact) mass is 311 g/mol. The highest BCUT2D eigenvalue weighted by Gasteiger charge is 2.32. The Morgan fingerprint density at radius 1 is 1.26 bits per heavy atom. The number of nitrogens with one attached hydrogen (secondary N) is 2. The number of likely N-dealkylation sites (tertiary alicyclic amines) is 1. The van der Waals surface area contributed by atoms with Crippen LogP contribution in [0.2, 0.25) is 0 Å². The molecular weight excluding hydrogens is 290 g/mol. The number of H-pyrrole nitrogens is 1. The van der Waals surface area contributed by atoms with Crippen LogP contribution in [0.1, 0.15) is 42.7 Å². The third kappa shape index (κ3) is 2.29. The first-order valence-corrected chi connectivity index (χ1v) is 8.24. The van der Waals surface area contributed by atoms with Gasteiger partial charge in [-0.3, -0.25) is 4.79 Å². The molecule has 120 valence electrons. The molecule has 1 amide bonds. The van der Waals surface area contributed by atoms with E-state index in [-0.39, 0.29) is 5.91 Å². The van der Waals surface area contributed by atoms with Gasteiger partial charge in [0, 0.05) is 36.0 Å². The molecule has 23 heavy (non-hydrogen) atoms. The highest BCUT2D eigenvalue weighted by Crippen LogP contribution is 2.31. The second-order valence-corrected chi connectivity index (χ2v) is 6.52. The lowest BCUT2D eigenvalue weighted by atomic mass is 10.1. The predicted molar refractivity (Wildman–Crippen MR) is 88.3 cm³/mol. The standard InChI is InChI=1S/C17H21N5O/c1-10-3-4-11(2)22(10)17(23)14-7-12(8-19-14)15-13-5-6-18-16(13)21-9-20-15/h7-11,19H,3-6H2,1-2H3,(H,18,20,21)/t10-,11+. The van der Waals surface area contributed by atoms with Crippen LogP contribution in [0.3, 0.4) is 0 Å². The Labute approximate surface area is 135 Å². The van der Waals surface area contributed by atoms with Crippen LogP contribution in [0.5, 0.6) is 0 Å². The van der Waals surface area contributed by atoms with Crippen molar-refractivity contribution in [3.05, 3.63) is 29.8 Å². The molecule has 6 heteroatoms. The van der Waals surface area contributed by atoms with E-state index in [4.69, 9.17) is 0 Å². The molecular formula is C17H21N5O. The number of amides is 1. The van der Waals surface area contributed by atoms with E-state index in [0.29, 0.717) is 17.8 Å². The molecule has 2 atom stereocenters. The maximum absolute atomic E-state index is 12.8. The molecule has 4 heterocycles. The largest absolute Gasteiger partial charge is 0.369 e. The third-order valence-electron chi connectivity index (χ3n) is 4.99. The summed E-state index contributed by atoms with van der Waals surface area (Å²) in [6.45, 7) is 5.13. The lowest BCUT2D eigenvalue weighted by Crippen LogP contribution is -2.38. The number of carbonyl (C=O) groups is 1. The van der Waals surface area contributed by atoms with Gasteiger partial charge in [-0.05, 0) is 39.2 Å². The summed E-state index contributed by atoms with van der Waals surface area (Å²) in [5.41, 5.74) is 3.64. The fourth-order valence-electron chi connectivity index (χ4n) is 3.75. The van der Waals surface area contributed by atoms with Crippen LogP contribution >= 0.6 is 0 Å². The summed E-state index contributed by atoms with van der Waals surface area (Å²) >= 11 is 0. The van der Waals surface area contributed by atoms with Gasteiger partial charge in [0.25, 0.3) is 5.91 Å². The lowest BCUT2D eigenvalue weighted by molar-refractivity contribution is 0.0687. The van der Waals surface area contributed by atoms with Crippen LogP contribution in [-0.2, 0) is 6.42 Å². The molecule has 4 rings (SSSR count). The van der Waals surface area contributed by atoms with E-state index in [1.807, 2.05) is 17.2 Å². The van der Waals surface area contributed by atoms with Gasteiger partial charge in [0.05, 0.1) is 5.69 Å². The van der Waals surface area contributed by atoms with Crippen molar-refractivity contribution in [3.8, 4) is 11.3 Å². The zero-order chi connectivity index (χ0) is 16.0. The molecule has 6 nitrogen and oxygen atoms in total. The van der Waals surface area contributed by atoms with Crippen molar-refractivity contribution < 1.29 is 4.79 Å². The first-order valence-electron chi connectivity index (χ1n) is 8.24. The molecule has 2 aromatic heterocycles. The number of aromatic amines is 1. The second-order valence-electron chi connectivity index (χ2n) is 6.52. The number of anilines is 1. The maximum atomic E-state index is 12.8. The molecule has 0 bridgehead atoms. The smallest absolute Gasteiger partial charge is 0.270 e. The average molecular weight is 311 g/mol. The summed E-state index contributed by atoms with van der Waals surface area (Å²) in [7, 11) is 0. The summed E-state index contributed by atoms with van der Waals surface area (Å²) in [5, 5.41) is 3.26. The number of fused-ring (bicyclic) bond motifs is 1. The molecule has 0 spiro atoms. The SMILES string of the molecule is C[C@@H]1CC[C@H](C)N1C(=O)c1cc(-c2ncnc3c2CCN3)c[nH]1. The number of hydrogen-bond acceptors (Lipinski definition) is 4. The van der Waals surface area contributed by atoms with Crippen molar-refractivity contribution in [1.82, 2.24) is 19.9 Å².